The van der Waals surface area contributed by atoms with E-state index in [1.54, 1.807) is 11.3 Å². The van der Waals surface area contributed by atoms with E-state index in [9.17, 15) is 0 Å². The SMILES string of the molecule is CNC(Cc1cnn(C)c1)c1csc(Br)c1. The molecule has 2 rings (SSSR count). The van der Waals surface area contributed by atoms with Gasteiger partial charge in [-0.1, -0.05) is 0 Å². The number of hydrogen-bond acceptors (Lipinski definition) is 3. The molecule has 0 spiro atoms. The van der Waals surface area contributed by atoms with Crippen molar-refractivity contribution in [2.24, 2.45) is 7.05 Å². The molecule has 2 aromatic heterocycles. The minimum absolute atomic E-state index is 0.353. The van der Waals surface area contributed by atoms with Crippen LogP contribution in [0.1, 0.15) is 17.2 Å². The molecular weight excluding hydrogens is 286 g/mol. The van der Waals surface area contributed by atoms with Gasteiger partial charge in [-0.05, 0) is 52.0 Å². The molecular formula is C11H14BrN3S. The molecule has 0 aliphatic heterocycles. The van der Waals surface area contributed by atoms with E-state index >= 15 is 0 Å². The van der Waals surface area contributed by atoms with Crippen LogP contribution < -0.4 is 5.32 Å². The Bertz CT molecular complexity index is 463. The van der Waals surface area contributed by atoms with Gasteiger partial charge in [0, 0.05) is 19.3 Å². The van der Waals surface area contributed by atoms with Gasteiger partial charge in [0.1, 0.15) is 0 Å². The van der Waals surface area contributed by atoms with E-state index in [0.717, 1.165) is 6.42 Å². The molecule has 0 fully saturated rings. The fourth-order valence-electron chi connectivity index (χ4n) is 1.71. The second-order valence-electron chi connectivity index (χ2n) is 3.75. The summed E-state index contributed by atoms with van der Waals surface area (Å²) in [6.07, 6.45) is 4.95. The summed E-state index contributed by atoms with van der Waals surface area (Å²) in [4.78, 5) is 0. The number of thiophene rings is 1. The molecule has 0 saturated heterocycles. The number of nitrogens with one attached hydrogen (secondary N) is 1. The summed E-state index contributed by atoms with van der Waals surface area (Å²) in [5.41, 5.74) is 2.58. The first-order valence-electron chi connectivity index (χ1n) is 5.07. The summed E-state index contributed by atoms with van der Waals surface area (Å²) in [5, 5.41) is 9.71. The Hall–Kier alpha value is -0.650. The van der Waals surface area contributed by atoms with Crippen LogP contribution in [0.5, 0.6) is 0 Å². The Morgan fingerprint density at radius 1 is 1.62 bits per heavy atom. The maximum Gasteiger partial charge on any atom is 0.0701 e. The molecule has 86 valence electrons. The molecule has 16 heavy (non-hydrogen) atoms. The highest BCUT2D eigenvalue weighted by atomic mass is 79.9. The lowest BCUT2D eigenvalue weighted by Crippen LogP contribution is -2.17. The molecule has 2 heterocycles. The van der Waals surface area contributed by atoms with E-state index in [1.807, 2.05) is 25.0 Å². The average molecular weight is 300 g/mol. The standard InChI is InChI=1S/C11H14BrN3S/c1-13-10(9-4-11(12)16-7-9)3-8-5-14-15(2)6-8/h4-7,10,13H,3H2,1-2H3. The zero-order chi connectivity index (χ0) is 11.5. The third-order valence-electron chi connectivity index (χ3n) is 2.54. The monoisotopic (exact) mass is 299 g/mol. The van der Waals surface area contributed by atoms with Gasteiger partial charge in [-0.15, -0.1) is 11.3 Å². The van der Waals surface area contributed by atoms with Crippen molar-refractivity contribution < 1.29 is 0 Å². The van der Waals surface area contributed by atoms with Crippen LogP contribution in [0.15, 0.2) is 27.6 Å². The third kappa shape index (κ3) is 2.72. The largest absolute Gasteiger partial charge is 0.313 e. The van der Waals surface area contributed by atoms with Gasteiger partial charge in [0.15, 0.2) is 0 Å². The Morgan fingerprint density at radius 3 is 2.94 bits per heavy atom. The highest BCUT2D eigenvalue weighted by molar-refractivity contribution is 9.11. The van der Waals surface area contributed by atoms with E-state index in [2.05, 4.69) is 44.0 Å². The second-order valence-corrected chi connectivity index (χ2v) is 6.04. The minimum Gasteiger partial charge on any atom is -0.313 e. The highest BCUT2D eigenvalue weighted by Gasteiger charge is 2.12. The van der Waals surface area contributed by atoms with E-state index in [4.69, 9.17) is 0 Å². The zero-order valence-electron chi connectivity index (χ0n) is 9.27. The lowest BCUT2D eigenvalue weighted by Gasteiger charge is -2.13. The molecule has 3 nitrogen and oxygen atoms in total. The number of nitrogens with zero attached hydrogens (tertiary/aromatic N) is 2. The summed E-state index contributed by atoms with van der Waals surface area (Å²) >= 11 is 5.21. The summed E-state index contributed by atoms with van der Waals surface area (Å²) in [5.74, 6) is 0. The number of aryl methyl sites for hydroxylation is 1. The minimum atomic E-state index is 0.353. The van der Waals surface area contributed by atoms with Gasteiger partial charge in [0.25, 0.3) is 0 Å². The molecule has 1 N–H and O–H groups in total. The molecule has 0 radical (unpaired) electrons. The van der Waals surface area contributed by atoms with Crippen LogP contribution >= 0.6 is 27.3 Å². The summed E-state index contributed by atoms with van der Waals surface area (Å²) in [7, 11) is 3.94. The fourth-order valence-corrected chi connectivity index (χ4v) is 2.94. The molecule has 1 unspecified atom stereocenters. The van der Waals surface area contributed by atoms with E-state index in [-0.39, 0.29) is 0 Å². The van der Waals surface area contributed by atoms with Gasteiger partial charge in [-0.3, -0.25) is 4.68 Å². The molecule has 0 saturated carbocycles. The quantitative estimate of drug-likeness (QED) is 0.941. The number of rotatable bonds is 4. The first-order chi connectivity index (χ1) is 7.69. The highest BCUT2D eigenvalue weighted by Crippen LogP contribution is 2.27. The predicted molar refractivity (Wildman–Crippen MR) is 70.7 cm³/mol. The molecule has 2 aromatic rings. The Labute approximate surface area is 108 Å². The van der Waals surface area contributed by atoms with E-state index < -0.39 is 0 Å². The van der Waals surface area contributed by atoms with Crippen LogP contribution in [0.25, 0.3) is 0 Å². The van der Waals surface area contributed by atoms with Crippen LogP contribution in [0.2, 0.25) is 0 Å². The molecule has 5 heteroatoms. The maximum atomic E-state index is 4.19. The average Bonchev–Trinajstić information content (AvgIpc) is 2.84. The van der Waals surface area contributed by atoms with Crippen molar-refractivity contribution in [3.8, 4) is 0 Å². The number of aromatic nitrogens is 2. The lowest BCUT2D eigenvalue weighted by molar-refractivity contribution is 0.593. The van der Waals surface area contributed by atoms with Crippen LogP contribution in [-0.2, 0) is 13.5 Å². The normalized spacial score (nSPS) is 12.9. The van der Waals surface area contributed by atoms with Gasteiger partial charge in [0.2, 0.25) is 0 Å². The smallest absolute Gasteiger partial charge is 0.0701 e. The van der Waals surface area contributed by atoms with Crippen molar-refractivity contribution >= 4 is 27.3 Å². The fraction of sp³-hybridized carbons (Fsp3) is 0.364. The Kier molecular flexibility index (Phi) is 3.78. The van der Waals surface area contributed by atoms with Crippen molar-refractivity contribution in [3.63, 3.8) is 0 Å². The van der Waals surface area contributed by atoms with Crippen molar-refractivity contribution in [2.45, 2.75) is 12.5 Å². The van der Waals surface area contributed by atoms with Crippen LogP contribution in [-0.4, -0.2) is 16.8 Å². The number of hydrogen-bond donors (Lipinski definition) is 1. The van der Waals surface area contributed by atoms with Crippen LogP contribution in [0, 0.1) is 0 Å². The zero-order valence-corrected chi connectivity index (χ0v) is 11.7. The molecule has 0 bridgehead atoms. The molecule has 0 aromatic carbocycles. The van der Waals surface area contributed by atoms with Crippen molar-refractivity contribution in [3.05, 3.63) is 38.8 Å². The first-order valence-corrected chi connectivity index (χ1v) is 6.75. The van der Waals surface area contributed by atoms with Crippen molar-refractivity contribution in [1.29, 1.82) is 0 Å². The van der Waals surface area contributed by atoms with Gasteiger partial charge in [-0.2, -0.15) is 5.10 Å². The summed E-state index contributed by atoms with van der Waals surface area (Å²) in [6.45, 7) is 0. The molecule has 0 aliphatic carbocycles. The van der Waals surface area contributed by atoms with Gasteiger partial charge in [0.05, 0.1) is 9.98 Å². The van der Waals surface area contributed by atoms with Gasteiger partial charge in [-0.25, -0.2) is 0 Å². The third-order valence-corrected chi connectivity index (χ3v) is 4.06. The molecule has 0 aliphatic rings. The number of halogens is 1. The van der Waals surface area contributed by atoms with Gasteiger partial charge < -0.3 is 5.32 Å². The second kappa shape index (κ2) is 5.12. The van der Waals surface area contributed by atoms with E-state index in [1.165, 1.54) is 14.9 Å². The van der Waals surface area contributed by atoms with Crippen molar-refractivity contribution in [1.82, 2.24) is 15.1 Å². The predicted octanol–water partition coefficient (Wildman–Crippen LogP) is 2.75. The topological polar surface area (TPSA) is 29.9 Å². The maximum absolute atomic E-state index is 4.19. The van der Waals surface area contributed by atoms with Crippen LogP contribution in [0.3, 0.4) is 0 Å². The van der Waals surface area contributed by atoms with Gasteiger partial charge >= 0.3 is 0 Å². The summed E-state index contributed by atoms with van der Waals surface area (Å²) in [6, 6.07) is 2.52. The van der Waals surface area contributed by atoms with E-state index in [0.29, 0.717) is 6.04 Å². The Morgan fingerprint density at radius 2 is 2.44 bits per heavy atom. The van der Waals surface area contributed by atoms with Crippen LogP contribution in [0.4, 0.5) is 0 Å². The van der Waals surface area contributed by atoms with Crippen molar-refractivity contribution in [2.75, 3.05) is 7.05 Å². The Balaban J connectivity index is 2.12. The molecule has 0 amide bonds. The molecule has 1 atom stereocenters. The number of likely N-dealkylation sites (N-methyl/N-ethyl adjacent to an activating group) is 1. The lowest BCUT2D eigenvalue weighted by atomic mass is 10.0. The first kappa shape index (κ1) is 11.8. The summed E-state index contributed by atoms with van der Waals surface area (Å²) < 4.78 is 3.01.